The average Bonchev–Trinajstić information content (AvgIpc) is 3.16. The van der Waals surface area contributed by atoms with Gasteiger partial charge in [0, 0.05) is 19.4 Å². The molecule has 0 aliphatic rings. The first kappa shape index (κ1) is 52.8. The van der Waals surface area contributed by atoms with Gasteiger partial charge in [-0.1, -0.05) is 187 Å². The molecule has 1 amide bonds. The fraction of sp³-hybridized carbons (Fsp3) is 0.909. The van der Waals surface area contributed by atoms with Gasteiger partial charge < -0.3 is 20.1 Å². The number of amides is 1. The van der Waals surface area contributed by atoms with E-state index in [0.29, 0.717) is 6.42 Å². The van der Waals surface area contributed by atoms with Crippen LogP contribution in [-0.4, -0.2) is 54.3 Å². The Labute approximate surface area is 332 Å². The maximum Gasteiger partial charge on any atom is 0.472 e. The van der Waals surface area contributed by atoms with Crippen LogP contribution in [0, 0.1) is 0 Å². The fourth-order valence-electron chi connectivity index (χ4n) is 6.49. The summed E-state index contributed by atoms with van der Waals surface area (Å²) in [6.07, 6.45) is 42.9. The predicted octanol–water partition coefficient (Wildman–Crippen LogP) is 12.6. The van der Waals surface area contributed by atoms with Crippen molar-refractivity contribution >= 4 is 19.7 Å². The molecule has 0 aromatic carbocycles. The van der Waals surface area contributed by atoms with Gasteiger partial charge in [-0.05, 0) is 38.5 Å². The van der Waals surface area contributed by atoms with Gasteiger partial charge in [0.1, 0.15) is 12.7 Å². The lowest BCUT2D eigenvalue weighted by atomic mass is 10.0. The van der Waals surface area contributed by atoms with E-state index in [1.165, 1.54) is 141 Å². The number of nitrogens with one attached hydrogen (secondary N) is 1. The van der Waals surface area contributed by atoms with Crippen molar-refractivity contribution in [2.75, 3.05) is 26.4 Å². The number of hydrogen-bond acceptors (Lipinski definition) is 7. The lowest BCUT2D eigenvalue weighted by Gasteiger charge is -2.15. The molecule has 54 heavy (non-hydrogen) atoms. The van der Waals surface area contributed by atoms with Crippen molar-refractivity contribution in [2.24, 2.45) is 0 Å². The molecule has 0 aromatic heterocycles. The van der Waals surface area contributed by atoms with E-state index in [-0.39, 0.29) is 32.1 Å². The molecule has 0 aliphatic heterocycles. The van der Waals surface area contributed by atoms with Gasteiger partial charge in [-0.3, -0.25) is 18.6 Å². The van der Waals surface area contributed by atoms with Gasteiger partial charge in [0.2, 0.25) is 5.91 Å². The number of ether oxygens (including phenoxy) is 1. The summed E-state index contributed by atoms with van der Waals surface area (Å²) in [6.45, 7) is 3.55. The Morgan fingerprint density at radius 1 is 0.556 bits per heavy atom. The van der Waals surface area contributed by atoms with E-state index in [1.807, 2.05) is 0 Å². The minimum Gasteiger partial charge on any atom is -0.463 e. The predicted molar refractivity (Wildman–Crippen MR) is 225 cm³/mol. The van der Waals surface area contributed by atoms with Gasteiger partial charge in [-0.15, -0.1) is 0 Å². The van der Waals surface area contributed by atoms with Crippen LogP contribution in [0.3, 0.4) is 0 Å². The zero-order valence-corrected chi connectivity index (χ0v) is 36.1. The van der Waals surface area contributed by atoms with E-state index in [9.17, 15) is 24.2 Å². The molecule has 10 heteroatoms. The highest BCUT2D eigenvalue weighted by atomic mass is 31.2. The van der Waals surface area contributed by atoms with E-state index >= 15 is 0 Å². The Balaban J connectivity index is 3.53. The van der Waals surface area contributed by atoms with Gasteiger partial charge in [0.25, 0.3) is 0 Å². The molecule has 0 aliphatic carbocycles. The highest BCUT2D eigenvalue weighted by Gasteiger charge is 2.23. The van der Waals surface area contributed by atoms with Crippen LogP contribution < -0.4 is 5.32 Å². The van der Waals surface area contributed by atoms with Crippen LogP contribution in [0.1, 0.15) is 226 Å². The summed E-state index contributed by atoms with van der Waals surface area (Å²) in [5.74, 6) is -0.517. The van der Waals surface area contributed by atoms with E-state index in [1.54, 1.807) is 0 Å². The number of allylic oxidation sites excluding steroid dienone is 2. The van der Waals surface area contributed by atoms with E-state index in [2.05, 4.69) is 31.3 Å². The van der Waals surface area contributed by atoms with Crippen molar-refractivity contribution in [3.8, 4) is 0 Å². The molecule has 0 heterocycles. The summed E-state index contributed by atoms with van der Waals surface area (Å²) in [4.78, 5) is 33.9. The molecule has 0 spiro atoms. The number of rotatable bonds is 43. The van der Waals surface area contributed by atoms with Crippen LogP contribution >= 0.6 is 7.82 Å². The Bertz CT molecular complexity index is 902. The summed E-state index contributed by atoms with van der Waals surface area (Å²) in [5, 5.41) is 12.7. The second kappa shape index (κ2) is 41.4. The third-order valence-electron chi connectivity index (χ3n) is 9.95. The van der Waals surface area contributed by atoms with Crippen LogP contribution in [-0.2, 0) is 27.9 Å². The van der Waals surface area contributed by atoms with Crippen molar-refractivity contribution in [1.82, 2.24) is 5.32 Å². The number of unbranched alkanes of at least 4 members (excludes halogenated alkanes) is 28. The van der Waals surface area contributed by atoms with Gasteiger partial charge in [0.15, 0.2) is 0 Å². The first-order chi connectivity index (χ1) is 26.3. The fourth-order valence-corrected chi connectivity index (χ4v) is 7.25. The maximum atomic E-state index is 12.1. The SMILES string of the molecule is CCCCC/C=C\CCCCCCCC(=O)OCC(O)COP(=O)(O)OCCNC(=O)CCCCCCCCCCCCCCCCCCCCCCC. The van der Waals surface area contributed by atoms with Crippen LogP contribution in [0.4, 0.5) is 0 Å². The minimum atomic E-state index is -4.41. The number of phosphoric acid groups is 1. The van der Waals surface area contributed by atoms with Crippen molar-refractivity contribution in [2.45, 2.75) is 232 Å². The van der Waals surface area contributed by atoms with Crippen molar-refractivity contribution in [3.05, 3.63) is 12.2 Å². The van der Waals surface area contributed by atoms with E-state index < -0.39 is 26.5 Å². The lowest BCUT2D eigenvalue weighted by Crippen LogP contribution is -2.27. The van der Waals surface area contributed by atoms with Crippen LogP contribution in [0.2, 0.25) is 0 Å². The van der Waals surface area contributed by atoms with E-state index in [0.717, 1.165) is 57.8 Å². The molecule has 0 rings (SSSR count). The summed E-state index contributed by atoms with van der Waals surface area (Å²) in [5.41, 5.74) is 0. The zero-order chi connectivity index (χ0) is 39.6. The van der Waals surface area contributed by atoms with Gasteiger partial charge >= 0.3 is 13.8 Å². The molecular formula is C44H86NO8P. The first-order valence-corrected chi connectivity index (χ1v) is 24.2. The molecule has 0 fully saturated rings. The van der Waals surface area contributed by atoms with E-state index in [4.69, 9.17) is 13.8 Å². The summed E-state index contributed by atoms with van der Waals surface area (Å²) >= 11 is 0. The molecule has 0 bridgehead atoms. The molecule has 0 saturated carbocycles. The summed E-state index contributed by atoms with van der Waals surface area (Å²) in [7, 11) is -4.41. The molecule has 2 atom stereocenters. The third kappa shape index (κ3) is 41.9. The maximum absolute atomic E-state index is 12.1. The Kier molecular flexibility index (Phi) is 40.4. The second-order valence-electron chi connectivity index (χ2n) is 15.4. The van der Waals surface area contributed by atoms with Crippen LogP contribution in [0.5, 0.6) is 0 Å². The smallest absolute Gasteiger partial charge is 0.463 e. The Hall–Kier alpha value is -1.25. The molecular weight excluding hydrogens is 701 g/mol. The topological polar surface area (TPSA) is 131 Å². The number of aliphatic hydroxyl groups excluding tert-OH is 1. The number of aliphatic hydroxyl groups is 1. The number of carbonyl (C=O) groups excluding carboxylic acids is 2. The highest BCUT2D eigenvalue weighted by Crippen LogP contribution is 2.42. The van der Waals surface area contributed by atoms with Crippen molar-refractivity contribution < 1.29 is 37.9 Å². The van der Waals surface area contributed by atoms with Gasteiger partial charge in [-0.2, -0.15) is 0 Å². The minimum absolute atomic E-state index is 0.0857. The molecule has 0 aromatic rings. The third-order valence-corrected chi connectivity index (χ3v) is 10.9. The second-order valence-corrected chi connectivity index (χ2v) is 16.8. The quantitative estimate of drug-likeness (QED) is 0.0241. The molecule has 3 N–H and O–H groups in total. The summed E-state index contributed by atoms with van der Waals surface area (Å²) in [6, 6.07) is 0. The largest absolute Gasteiger partial charge is 0.472 e. The molecule has 0 saturated heterocycles. The lowest BCUT2D eigenvalue weighted by molar-refractivity contribution is -0.147. The number of esters is 1. The van der Waals surface area contributed by atoms with Gasteiger partial charge in [0.05, 0.1) is 13.2 Å². The first-order valence-electron chi connectivity index (χ1n) is 22.7. The zero-order valence-electron chi connectivity index (χ0n) is 35.2. The van der Waals surface area contributed by atoms with Crippen molar-refractivity contribution in [1.29, 1.82) is 0 Å². The molecule has 320 valence electrons. The monoisotopic (exact) mass is 788 g/mol. The van der Waals surface area contributed by atoms with Crippen molar-refractivity contribution in [3.63, 3.8) is 0 Å². The normalized spacial score (nSPS) is 13.3. The molecule has 9 nitrogen and oxygen atoms in total. The summed E-state index contributed by atoms with van der Waals surface area (Å²) < 4.78 is 26.8. The number of hydrogen-bond donors (Lipinski definition) is 3. The Morgan fingerprint density at radius 2 is 0.944 bits per heavy atom. The van der Waals surface area contributed by atoms with Crippen LogP contribution in [0.15, 0.2) is 12.2 Å². The number of carbonyl (C=O) groups is 2. The standard InChI is InChI=1S/C44H86NO8P/c1-3-5-7-9-11-13-15-17-18-19-20-21-22-23-24-25-26-28-30-32-34-36-43(47)45-38-39-52-54(49,50)53-41-42(46)40-51-44(48)37-35-33-31-29-27-16-14-12-10-8-6-4-2/h12,14,42,46H,3-11,13,15-41H2,1-2H3,(H,45,47)(H,49,50)/b14-12-. The van der Waals surface area contributed by atoms with Gasteiger partial charge in [-0.25, -0.2) is 4.57 Å². The molecule has 2 unspecified atom stereocenters. The average molecular weight is 788 g/mol. The number of phosphoric ester groups is 1. The molecule has 0 radical (unpaired) electrons. The Morgan fingerprint density at radius 3 is 1.43 bits per heavy atom. The van der Waals surface area contributed by atoms with Crippen LogP contribution in [0.25, 0.3) is 0 Å². The highest BCUT2D eigenvalue weighted by molar-refractivity contribution is 7.47.